The Morgan fingerprint density at radius 3 is 2.25 bits per heavy atom. The zero-order valence-electron chi connectivity index (χ0n) is 16.3. The molecule has 2 aromatic rings. The summed E-state index contributed by atoms with van der Waals surface area (Å²) in [4.78, 5) is 30.1. The first-order valence-electron chi connectivity index (χ1n) is 8.47. The number of aryl methyl sites for hydroxylation is 2. The molecular formula is C19H24BrN3O5. The molecule has 0 atom stereocenters. The summed E-state index contributed by atoms with van der Waals surface area (Å²) < 4.78 is 15.8. The van der Waals surface area contributed by atoms with Gasteiger partial charge >= 0.3 is 5.97 Å². The van der Waals surface area contributed by atoms with E-state index in [1.54, 1.807) is 33.2 Å². The number of halogens is 1. The molecule has 0 aromatic carbocycles. The fourth-order valence-electron chi connectivity index (χ4n) is 2.08. The third kappa shape index (κ3) is 7.61. The molecule has 28 heavy (non-hydrogen) atoms. The molecule has 0 aliphatic carbocycles. The minimum atomic E-state index is -0.532. The van der Waals surface area contributed by atoms with Crippen molar-refractivity contribution in [3.8, 4) is 5.75 Å². The monoisotopic (exact) mass is 453 g/mol. The van der Waals surface area contributed by atoms with Crippen LogP contribution in [0.4, 0.5) is 0 Å². The van der Waals surface area contributed by atoms with Crippen LogP contribution in [0.1, 0.15) is 39.0 Å². The van der Waals surface area contributed by atoms with Crippen LogP contribution in [-0.4, -0.2) is 48.8 Å². The summed E-state index contributed by atoms with van der Waals surface area (Å²) in [6.07, 6.45) is 3.06. The van der Waals surface area contributed by atoms with E-state index in [9.17, 15) is 9.59 Å². The van der Waals surface area contributed by atoms with Crippen molar-refractivity contribution in [2.45, 2.75) is 20.8 Å². The Hall–Kier alpha value is -2.52. The van der Waals surface area contributed by atoms with Crippen LogP contribution in [0.5, 0.6) is 5.75 Å². The highest BCUT2D eigenvalue weighted by Gasteiger charge is 2.11. The highest BCUT2D eigenvalue weighted by atomic mass is 79.9. The second-order valence-corrected chi connectivity index (χ2v) is 6.50. The predicted molar refractivity (Wildman–Crippen MR) is 107 cm³/mol. The number of methoxy groups -OCH3 is 1. The number of amides is 1. The van der Waals surface area contributed by atoms with Crippen molar-refractivity contribution in [1.82, 2.24) is 9.97 Å². The topological polar surface area (TPSA) is 114 Å². The van der Waals surface area contributed by atoms with Crippen molar-refractivity contribution < 1.29 is 23.8 Å². The molecule has 9 heteroatoms. The van der Waals surface area contributed by atoms with Crippen molar-refractivity contribution in [3.63, 3.8) is 0 Å². The number of primary amides is 1. The highest BCUT2D eigenvalue weighted by molar-refractivity contribution is 9.10. The van der Waals surface area contributed by atoms with Gasteiger partial charge in [0.15, 0.2) is 5.69 Å². The molecule has 0 saturated carbocycles. The molecule has 2 N–H and O–H groups in total. The summed E-state index contributed by atoms with van der Waals surface area (Å²) >= 11 is 3.27. The van der Waals surface area contributed by atoms with Crippen LogP contribution in [-0.2, 0) is 9.47 Å². The Morgan fingerprint density at radius 2 is 1.71 bits per heavy atom. The van der Waals surface area contributed by atoms with Gasteiger partial charge < -0.3 is 19.9 Å². The number of aromatic nitrogens is 2. The predicted octanol–water partition coefficient (Wildman–Crippen LogP) is 2.84. The molecule has 2 aromatic heterocycles. The van der Waals surface area contributed by atoms with Crippen molar-refractivity contribution in [2.75, 3.05) is 26.9 Å². The molecule has 0 radical (unpaired) electrons. The molecule has 152 valence electrons. The lowest BCUT2D eigenvalue weighted by Gasteiger charge is -2.07. The van der Waals surface area contributed by atoms with Crippen LogP contribution in [0.2, 0.25) is 0 Å². The lowest BCUT2D eigenvalue weighted by Crippen LogP contribution is -2.15. The quantitative estimate of drug-likeness (QED) is 0.506. The maximum Gasteiger partial charge on any atom is 0.357 e. The zero-order valence-corrected chi connectivity index (χ0v) is 17.9. The third-order valence-corrected chi connectivity index (χ3v) is 3.79. The molecule has 2 rings (SSSR count). The smallest absolute Gasteiger partial charge is 0.357 e. The van der Waals surface area contributed by atoms with Gasteiger partial charge in [-0.2, -0.15) is 0 Å². The van der Waals surface area contributed by atoms with Gasteiger partial charge in [-0.05, 0) is 60.0 Å². The number of ether oxygens (including phenoxy) is 3. The van der Waals surface area contributed by atoms with E-state index < -0.39 is 5.91 Å². The van der Waals surface area contributed by atoms with Crippen LogP contribution < -0.4 is 10.5 Å². The van der Waals surface area contributed by atoms with E-state index in [0.29, 0.717) is 36.8 Å². The Balaban J connectivity index is 0.000000283. The number of hydrogen-bond acceptors (Lipinski definition) is 7. The SMILES string of the molecule is CCOC(=O)c1ncc(Br)cc1C.COCCOc1cnc(C(N)=O)c(C)c1. The number of hydrogen-bond donors (Lipinski definition) is 1. The zero-order chi connectivity index (χ0) is 21.1. The minimum Gasteiger partial charge on any atom is -0.490 e. The van der Waals surface area contributed by atoms with Gasteiger partial charge in [0.1, 0.15) is 18.1 Å². The van der Waals surface area contributed by atoms with Gasteiger partial charge in [-0.15, -0.1) is 0 Å². The molecule has 0 fully saturated rings. The Kier molecular flexibility index (Phi) is 10.1. The van der Waals surface area contributed by atoms with Crippen LogP contribution in [0, 0.1) is 13.8 Å². The Labute approximate surface area is 172 Å². The largest absolute Gasteiger partial charge is 0.490 e. The van der Waals surface area contributed by atoms with Gasteiger partial charge in [-0.3, -0.25) is 4.79 Å². The van der Waals surface area contributed by atoms with E-state index in [1.165, 1.54) is 6.20 Å². The second-order valence-electron chi connectivity index (χ2n) is 5.58. The van der Waals surface area contributed by atoms with Crippen LogP contribution in [0.3, 0.4) is 0 Å². The molecule has 0 saturated heterocycles. The molecule has 0 aliphatic heterocycles. The van der Waals surface area contributed by atoms with Crippen LogP contribution in [0.15, 0.2) is 29.0 Å². The summed E-state index contributed by atoms with van der Waals surface area (Å²) in [5, 5.41) is 0. The van der Waals surface area contributed by atoms with E-state index in [2.05, 4.69) is 25.9 Å². The summed E-state index contributed by atoms with van der Waals surface area (Å²) in [7, 11) is 1.60. The van der Waals surface area contributed by atoms with Gasteiger partial charge in [-0.25, -0.2) is 14.8 Å². The van der Waals surface area contributed by atoms with Gasteiger partial charge in [-0.1, -0.05) is 0 Å². The summed E-state index contributed by atoms with van der Waals surface area (Å²) in [6.45, 7) is 6.69. The van der Waals surface area contributed by atoms with Crippen molar-refractivity contribution in [3.05, 3.63) is 51.5 Å². The average Bonchev–Trinajstić information content (AvgIpc) is 2.62. The first kappa shape index (κ1) is 23.5. The third-order valence-electron chi connectivity index (χ3n) is 3.36. The summed E-state index contributed by atoms with van der Waals surface area (Å²) in [5.41, 5.74) is 7.29. The lowest BCUT2D eigenvalue weighted by atomic mass is 10.2. The van der Waals surface area contributed by atoms with E-state index in [1.807, 2.05) is 13.0 Å². The average molecular weight is 454 g/mol. The fraction of sp³-hybridized carbons (Fsp3) is 0.368. The standard InChI is InChI=1S/C10H14N2O3.C9H10BrNO2/c1-7-5-8(15-4-3-14-2)6-12-9(7)10(11)13;1-3-13-9(12)8-6(2)4-7(10)5-11-8/h5-6H,3-4H2,1-2H3,(H2,11,13);4-5H,3H2,1-2H3. The number of pyridine rings is 2. The Bertz CT molecular complexity index is 814. The fourth-order valence-corrected chi connectivity index (χ4v) is 2.53. The van der Waals surface area contributed by atoms with Crippen LogP contribution in [0.25, 0.3) is 0 Å². The number of carbonyl (C=O) groups is 2. The first-order chi connectivity index (χ1) is 13.3. The number of nitrogens with two attached hydrogens (primary N) is 1. The maximum absolute atomic E-state index is 11.3. The van der Waals surface area contributed by atoms with E-state index in [4.69, 9.17) is 19.9 Å². The molecule has 0 spiro atoms. The highest BCUT2D eigenvalue weighted by Crippen LogP contribution is 2.14. The normalized spacial score (nSPS) is 9.89. The van der Waals surface area contributed by atoms with Crippen LogP contribution >= 0.6 is 15.9 Å². The molecule has 0 unspecified atom stereocenters. The number of rotatable bonds is 7. The van der Waals surface area contributed by atoms with Gasteiger partial charge in [0, 0.05) is 17.8 Å². The lowest BCUT2D eigenvalue weighted by molar-refractivity contribution is 0.0518. The van der Waals surface area contributed by atoms with Crippen molar-refractivity contribution in [1.29, 1.82) is 0 Å². The molecule has 1 amide bonds. The summed E-state index contributed by atoms with van der Waals surface area (Å²) in [5.74, 6) is -0.294. The van der Waals surface area contributed by atoms with Crippen molar-refractivity contribution in [2.24, 2.45) is 5.73 Å². The van der Waals surface area contributed by atoms with E-state index in [-0.39, 0.29) is 11.7 Å². The molecule has 0 bridgehead atoms. The van der Waals surface area contributed by atoms with E-state index in [0.717, 1.165) is 10.0 Å². The molecular weight excluding hydrogens is 430 g/mol. The number of esters is 1. The molecule has 8 nitrogen and oxygen atoms in total. The maximum atomic E-state index is 11.3. The van der Waals surface area contributed by atoms with E-state index >= 15 is 0 Å². The Morgan fingerprint density at radius 1 is 1.07 bits per heavy atom. The van der Waals surface area contributed by atoms with Gasteiger partial charge in [0.05, 0.1) is 19.4 Å². The summed E-state index contributed by atoms with van der Waals surface area (Å²) in [6, 6.07) is 3.56. The van der Waals surface area contributed by atoms with Gasteiger partial charge in [0.25, 0.3) is 5.91 Å². The molecule has 2 heterocycles. The van der Waals surface area contributed by atoms with Crippen molar-refractivity contribution >= 4 is 27.8 Å². The second kappa shape index (κ2) is 12.0. The number of carbonyl (C=O) groups excluding carboxylic acids is 2. The van der Waals surface area contributed by atoms with Gasteiger partial charge in [0.2, 0.25) is 0 Å². The first-order valence-corrected chi connectivity index (χ1v) is 9.26. The number of nitrogens with zero attached hydrogens (tertiary/aromatic N) is 2. The molecule has 0 aliphatic rings. The minimum absolute atomic E-state index is 0.272.